The third-order valence-corrected chi connectivity index (χ3v) is 5.20. The van der Waals surface area contributed by atoms with Crippen molar-refractivity contribution in [3.63, 3.8) is 0 Å². The summed E-state index contributed by atoms with van der Waals surface area (Å²) in [6.45, 7) is 5.80. The van der Waals surface area contributed by atoms with Crippen molar-refractivity contribution in [2.75, 3.05) is 7.11 Å². The molecule has 0 aliphatic rings. The minimum absolute atomic E-state index is 0.00596. The highest BCUT2D eigenvalue weighted by atomic mass is 16.5. The summed E-state index contributed by atoms with van der Waals surface area (Å²) in [7, 11) is 1.62. The molecule has 0 bridgehead atoms. The Hall–Kier alpha value is -3.68. The van der Waals surface area contributed by atoms with Crippen LogP contribution in [0.4, 0.5) is 0 Å². The van der Waals surface area contributed by atoms with E-state index in [9.17, 15) is 9.59 Å². The number of nitrogens with zero attached hydrogens (tertiary/aromatic N) is 4. The summed E-state index contributed by atoms with van der Waals surface area (Å²) in [4.78, 5) is 29.0. The van der Waals surface area contributed by atoms with Crippen LogP contribution in [0.5, 0.6) is 5.75 Å². The van der Waals surface area contributed by atoms with Gasteiger partial charge in [-0.1, -0.05) is 12.1 Å². The number of nitrogens with one attached hydrogen (secondary N) is 1. The number of hydrogen-bond acceptors (Lipinski definition) is 5. The number of carbonyl (C=O) groups is 1. The lowest BCUT2D eigenvalue weighted by Crippen LogP contribution is -2.16. The van der Waals surface area contributed by atoms with Crippen molar-refractivity contribution in [2.24, 2.45) is 0 Å². The van der Waals surface area contributed by atoms with Crippen LogP contribution >= 0.6 is 0 Å². The molecule has 4 rings (SSSR count). The van der Waals surface area contributed by atoms with Crippen molar-refractivity contribution >= 4 is 11.4 Å². The standard InChI is InChI=1S/C22H23N5O3/c1-13-22(15(3)28)14(2)26(24-13)9-8-17-11-21(29)27-20(23-17)12-19(25-27)16-6-5-7-18(10-16)30-4/h5-7,10-12,25H,8-9H2,1-4H3. The molecule has 8 heteroatoms. The molecule has 0 amide bonds. The highest BCUT2D eigenvalue weighted by Gasteiger charge is 2.15. The van der Waals surface area contributed by atoms with Gasteiger partial charge >= 0.3 is 0 Å². The lowest BCUT2D eigenvalue weighted by Gasteiger charge is -2.05. The van der Waals surface area contributed by atoms with Crippen molar-refractivity contribution in [3.8, 4) is 17.0 Å². The first kappa shape index (κ1) is 19.6. The number of ether oxygens (including phenoxy) is 1. The second-order valence-electron chi connectivity index (χ2n) is 7.26. The highest BCUT2D eigenvalue weighted by molar-refractivity contribution is 5.96. The SMILES string of the molecule is COc1cccc(-c2cc3nc(CCn4nc(C)c(C(C)=O)c4C)cc(=O)n3[nH]2)c1. The minimum atomic E-state index is -0.179. The first-order valence-corrected chi connectivity index (χ1v) is 9.68. The monoisotopic (exact) mass is 405 g/mol. The second-order valence-corrected chi connectivity index (χ2v) is 7.26. The summed E-state index contributed by atoms with van der Waals surface area (Å²) < 4.78 is 8.50. The van der Waals surface area contributed by atoms with Gasteiger partial charge in [-0.3, -0.25) is 19.4 Å². The van der Waals surface area contributed by atoms with Crippen LogP contribution < -0.4 is 10.3 Å². The molecule has 0 atom stereocenters. The van der Waals surface area contributed by atoms with Crippen LogP contribution in [-0.4, -0.2) is 37.3 Å². The van der Waals surface area contributed by atoms with Crippen LogP contribution in [0.2, 0.25) is 0 Å². The number of aromatic amines is 1. The van der Waals surface area contributed by atoms with E-state index in [1.165, 1.54) is 10.6 Å². The zero-order valence-corrected chi connectivity index (χ0v) is 17.4. The lowest BCUT2D eigenvalue weighted by molar-refractivity contribution is 0.101. The van der Waals surface area contributed by atoms with E-state index in [1.54, 1.807) is 18.7 Å². The van der Waals surface area contributed by atoms with E-state index >= 15 is 0 Å². The van der Waals surface area contributed by atoms with Crippen LogP contribution in [0.1, 0.15) is 34.4 Å². The van der Waals surface area contributed by atoms with Gasteiger partial charge in [0, 0.05) is 36.4 Å². The highest BCUT2D eigenvalue weighted by Crippen LogP contribution is 2.23. The maximum atomic E-state index is 12.6. The summed E-state index contributed by atoms with van der Waals surface area (Å²) in [6.07, 6.45) is 0.532. The van der Waals surface area contributed by atoms with Crippen molar-refractivity contribution < 1.29 is 9.53 Å². The predicted molar refractivity (Wildman–Crippen MR) is 113 cm³/mol. The molecule has 30 heavy (non-hydrogen) atoms. The number of aryl methyl sites for hydroxylation is 3. The average Bonchev–Trinajstić information content (AvgIpc) is 3.27. The molecule has 3 heterocycles. The Morgan fingerprint density at radius 1 is 1.20 bits per heavy atom. The van der Waals surface area contributed by atoms with E-state index < -0.39 is 0 Å². The Bertz CT molecular complexity index is 1310. The quantitative estimate of drug-likeness (QED) is 0.498. The van der Waals surface area contributed by atoms with Gasteiger partial charge in [0.05, 0.1) is 29.8 Å². The summed E-state index contributed by atoms with van der Waals surface area (Å²) in [5.41, 5.74) is 4.94. The van der Waals surface area contributed by atoms with Gasteiger partial charge in [-0.25, -0.2) is 9.50 Å². The first-order valence-electron chi connectivity index (χ1n) is 9.68. The van der Waals surface area contributed by atoms with E-state index in [4.69, 9.17) is 4.74 Å². The number of H-pyrrole nitrogens is 1. The fourth-order valence-corrected chi connectivity index (χ4v) is 3.75. The molecule has 154 valence electrons. The summed E-state index contributed by atoms with van der Waals surface area (Å²) in [5.74, 6) is 0.744. The molecule has 0 aliphatic heterocycles. The Labute approximate surface area is 173 Å². The molecular weight excluding hydrogens is 382 g/mol. The van der Waals surface area contributed by atoms with Crippen molar-refractivity contribution in [1.82, 2.24) is 24.4 Å². The zero-order chi connectivity index (χ0) is 21.4. The first-order chi connectivity index (χ1) is 14.4. The molecular formula is C22H23N5O3. The number of methoxy groups -OCH3 is 1. The Morgan fingerprint density at radius 3 is 2.70 bits per heavy atom. The molecule has 0 unspecified atom stereocenters. The second kappa shape index (κ2) is 7.62. The molecule has 3 aromatic heterocycles. The summed E-state index contributed by atoms with van der Waals surface area (Å²) >= 11 is 0. The van der Waals surface area contributed by atoms with Crippen LogP contribution in [0.25, 0.3) is 16.9 Å². The minimum Gasteiger partial charge on any atom is -0.497 e. The van der Waals surface area contributed by atoms with Crippen LogP contribution in [0.15, 0.2) is 41.2 Å². The van der Waals surface area contributed by atoms with Crippen LogP contribution in [-0.2, 0) is 13.0 Å². The number of aromatic nitrogens is 5. The molecule has 0 radical (unpaired) electrons. The molecule has 1 aromatic carbocycles. The summed E-state index contributed by atoms with van der Waals surface area (Å²) in [5, 5.41) is 7.55. The normalized spacial score (nSPS) is 11.2. The van der Waals surface area contributed by atoms with Gasteiger partial charge in [0.25, 0.3) is 5.56 Å². The predicted octanol–water partition coefficient (Wildman–Crippen LogP) is 2.96. The molecule has 0 fully saturated rings. The van der Waals surface area contributed by atoms with Gasteiger partial charge < -0.3 is 4.74 Å². The Kier molecular flexibility index (Phi) is 4.99. The molecule has 0 saturated carbocycles. The van der Waals surface area contributed by atoms with Crippen molar-refractivity contribution in [2.45, 2.75) is 33.7 Å². The number of Topliss-reactive ketones (excluding diaryl/α,β-unsaturated/α-hetero) is 1. The van der Waals surface area contributed by atoms with Gasteiger partial charge in [-0.2, -0.15) is 5.10 Å². The van der Waals surface area contributed by atoms with E-state index in [2.05, 4.69) is 15.2 Å². The molecule has 8 nitrogen and oxygen atoms in total. The van der Waals surface area contributed by atoms with Gasteiger partial charge in [0.1, 0.15) is 5.75 Å². The van der Waals surface area contributed by atoms with E-state index in [-0.39, 0.29) is 11.3 Å². The molecule has 4 aromatic rings. The van der Waals surface area contributed by atoms with Crippen LogP contribution in [0, 0.1) is 13.8 Å². The molecule has 0 saturated heterocycles. The number of benzene rings is 1. The van der Waals surface area contributed by atoms with Crippen molar-refractivity contribution in [1.29, 1.82) is 0 Å². The van der Waals surface area contributed by atoms with E-state index in [1.807, 2.05) is 44.2 Å². The largest absolute Gasteiger partial charge is 0.497 e. The maximum Gasteiger partial charge on any atom is 0.272 e. The molecule has 0 aliphatic carbocycles. The lowest BCUT2D eigenvalue weighted by atomic mass is 10.1. The Balaban J connectivity index is 1.63. The van der Waals surface area contributed by atoms with Crippen molar-refractivity contribution in [3.05, 3.63) is 69.4 Å². The number of fused-ring (bicyclic) bond motifs is 1. The fraction of sp³-hybridized carbons (Fsp3) is 0.273. The van der Waals surface area contributed by atoms with E-state index in [0.29, 0.717) is 29.9 Å². The Morgan fingerprint density at radius 2 is 2.00 bits per heavy atom. The number of carbonyl (C=O) groups excluding carboxylic acids is 1. The fourth-order valence-electron chi connectivity index (χ4n) is 3.75. The number of hydrogen-bond donors (Lipinski definition) is 1. The van der Waals surface area contributed by atoms with Gasteiger partial charge in [-0.05, 0) is 32.9 Å². The van der Waals surface area contributed by atoms with Gasteiger partial charge in [0.15, 0.2) is 11.4 Å². The molecule has 1 N–H and O–H groups in total. The van der Waals surface area contributed by atoms with E-state index in [0.717, 1.165) is 28.4 Å². The van der Waals surface area contributed by atoms with Gasteiger partial charge in [0.2, 0.25) is 0 Å². The van der Waals surface area contributed by atoms with Gasteiger partial charge in [-0.15, -0.1) is 0 Å². The van der Waals surface area contributed by atoms with Crippen LogP contribution in [0.3, 0.4) is 0 Å². The topological polar surface area (TPSA) is 94.3 Å². The number of rotatable bonds is 6. The average molecular weight is 405 g/mol. The third kappa shape index (κ3) is 3.52. The molecule has 0 spiro atoms. The zero-order valence-electron chi connectivity index (χ0n) is 17.4. The number of ketones is 1. The maximum absolute atomic E-state index is 12.6. The third-order valence-electron chi connectivity index (χ3n) is 5.20. The summed E-state index contributed by atoms with van der Waals surface area (Å²) in [6, 6.07) is 11.0. The smallest absolute Gasteiger partial charge is 0.272 e.